The average molecular weight is 507 g/mol. The first-order valence-electron chi connectivity index (χ1n) is 11.3. The maximum absolute atomic E-state index is 13.4. The molecular formula is C24H23FN8O2S. The molecule has 3 N–H and O–H groups in total. The Bertz CT molecular complexity index is 1560. The van der Waals surface area contributed by atoms with Crippen LogP contribution in [0.4, 0.5) is 10.2 Å². The van der Waals surface area contributed by atoms with Gasteiger partial charge in [-0.25, -0.2) is 32.2 Å². The molecule has 2 aromatic carbocycles. The van der Waals surface area contributed by atoms with Gasteiger partial charge in [0.2, 0.25) is 10.0 Å². The fourth-order valence-electron chi connectivity index (χ4n) is 4.37. The number of nitrogen functional groups attached to an aromatic ring is 1. The van der Waals surface area contributed by atoms with E-state index in [1.807, 2.05) is 16.8 Å². The minimum atomic E-state index is -3.86. The second-order valence-electron chi connectivity index (χ2n) is 8.57. The van der Waals surface area contributed by atoms with Gasteiger partial charge in [-0.1, -0.05) is 30.3 Å². The van der Waals surface area contributed by atoms with Gasteiger partial charge in [-0.15, -0.1) is 0 Å². The summed E-state index contributed by atoms with van der Waals surface area (Å²) in [5.74, 6) is -0.313. The van der Waals surface area contributed by atoms with Gasteiger partial charge in [-0.3, -0.25) is 0 Å². The molecule has 1 aliphatic heterocycles. The number of nitrogens with zero attached hydrogens (tertiary/aromatic N) is 6. The van der Waals surface area contributed by atoms with Gasteiger partial charge in [0.1, 0.15) is 23.7 Å². The summed E-state index contributed by atoms with van der Waals surface area (Å²) in [6, 6.07) is 12.0. The van der Waals surface area contributed by atoms with E-state index in [-0.39, 0.29) is 17.5 Å². The molecule has 0 spiro atoms. The van der Waals surface area contributed by atoms with Gasteiger partial charge >= 0.3 is 0 Å². The van der Waals surface area contributed by atoms with Gasteiger partial charge in [0.05, 0.1) is 22.9 Å². The molecule has 0 aliphatic carbocycles. The molecular weight excluding hydrogens is 483 g/mol. The predicted molar refractivity (Wildman–Crippen MR) is 131 cm³/mol. The topological polar surface area (TPSA) is 143 Å². The zero-order valence-electron chi connectivity index (χ0n) is 19.2. The Kier molecular flexibility index (Phi) is 6.26. The van der Waals surface area contributed by atoms with Crippen molar-refractivity contribution < 1.29 is 12.8 Å². The summed E-state index contributed by atoms with van der Waals surface area (Å²) in [6.45, 7) is 1.30. The van der Waals surface area contributed by atoms with E-state index >= 15 is 0 Å². The van der Waals surface area contributed by atoms with Crippen LogP contribution in [0.25, 0.3) is 22.3 Å². The number of sulfonamides is 1. The second kappa shape index (κ2) is 9.52. The van der Waals surface area contributed by atoms with Crippen LogP contribution in [-0.4, -0.2) is 46.2 Å². The Morgan fingerprint density at radius 3 is 2.75 bits per heavy atom. The van der Waals surface area contributed by atoms with Crippen LogP contribution >= 0.6 is 0 Å². The van der Waals surface area contributed by atoms with Crippen molar-refractivity contribution in [3.8, 4) is 17.5 Å². The summed E-state index contributed by atoms with van der Waals surface area (Å²) in [5, 5.41) is 14.8. The fraction of sp³-hybridized carbons (Fsp3) is 0.250. The Hall–Kier alpha value is -4.08. The Balaban J connectivity index is 1.41. The number of halogens is 1. The summed E-state index contributed by atoms with van der Waals surface area (Å²) in [7, 11) is -3.86. The molecule has 2 aromatic heterocycles. The summed E-state index contributed by atoms with van der Waals surface area (Å²) in [4.78, 5) is 10.1. The zero-order valence-corrected chi connectivity index (χ0v) is 20.0. The first kappa shape index (κ1) is 23.7. The van der Waals surface area contributed by atoms with Crippen molar-refractivity contribution in [3.63, 3.8) is 0 Å². The van der Waals surface area contributed by atoms with Crippen molar-refractivity contribution in [2.24, 2.45) is 0 Å². The van der Waals surface area contributed by atoms with Gasteiger partial charge in [0, 0.05) is 18.7 Å². The average Bonchev–Trinajstić information content (AvgIpc) is 3.29. The van der Waals surface area contributed by atoms with Crippen molar-refractivity contribution in [2.45, 2.75) is 30.3 Å². The Morgan fingerprint density at radius 1 is 1.19 bits per heavy atom. The molecule has 1 aliphatic rings. The second-order valence-corrected chi connectivity index (χ2v) is 10.3. The number of hydrogen-bond donors (Lipinski definition) is 2. The SMILES string of the molecule is N#CN1CCCC(n2nc(-c3ccc(CNS(=O)(=O)c4cccc(F)c4)cc3)c3c(N)ncnc32)C1. The molecule has 3 heterocycles. The van der Waals surface area contributed by atoms with E-state index in [1.165, 1.54) is 24.5 Å². The number of benzene rings is 2. The lowest BCUT2D eigenvalue weighted by molar-refractivity contribution is 0.236. The number of nitriles is 1. The van der Waals surface area contributed by atoms with Crippen LogP contribution in [0.2, 0.25) is 0 Å². The standard InChI is InChI=1S/C24H23FN8O2S/c25-18-3-1-5-20(11-18)36(34,35)30-12-16-6-8-17(9-7-16)22-21-23(27)28-15-29-24(21)33(31-22)19-4-2-10-32(13-19)14-26/h1,3,5-9,11,15,19,30H,2,4,10,12-13H2,(H2,27,28,29). The number of hydrogen-bond acceptors (Lipinski definition) is 8. The third-order valence-electron chi connectivity index (χ3n) is 6.20. The number of fused-ring (bicyclic) bond motifs is 1. The lowest BCUT2D eigenvalue weighted by Crippen LogP contribution is -2.33. The Morgan fingerprint density at radius 2 is 2.00 bits per heavy atom. The maximum atomic E-state index is 13.4. The molecule has 0 bridgehead atoms. The molecule has 1 atom stereocenters. The largest absolute Gasteiger partial charge is 0.383 e. The monoisotopic (exact) mass is 506 g/mol. The van der Waals surface area contributed by atoms with E-state index in [2.05, 4.69) is 20.9 Å². The molecule has 36 heavy (non-hydrogen) atoms. The van der Waals surface area contributed by atoms with Crippen molar-refractivity contribution >= 4 is 26.9 Å². The Labute approximate surface area is 207 Å². The molecule has 12 heteroatoms. The predicted octanol–water partition coefficient (Wildman–Crippen LogP) is 2.81. The summed E-state index contributed by atoms with van der Waals surface area (Å²) in [6.07, 6.45) is 5.35. The number of likely N-dealkylation sites (tertiary alicyclic amines) is 1. The third kappa shape index (κ3) is 4.58. The summed E-state index contributed by atoms with van der Waals surface area (Å²) in [5.41, 5.74) is 8.91. The van der Waals surface area contributed by atoms with E-state index in [1.54, 1.807) is 17.0 Å². The highest BCUT2D eigenvalue weighted by atomic mass is 32.2. The lowest BCUT2D eigenvalue weighted by Gasteiger charge is -2.28. The summed E-state index contributed by atoms with van der Waals surface area (Å²) >= 11 is 0. The van der Waals surface area contributed by atoms with E-state index < -0.39 is 15.8 Å². The molecule has 10 nitrogen and oxygen atoms in total. The van der Waals surface area contributed by atoms with Crippen LogP contribution in [0.15, 0.2) is 59.8 Å². The highest BCUT2D eigenvalue weighted by Gasteiger charge is 2.26. The van der Waals surface area contributed by atoms with E-state index in [0.29, 0.717) is 34.7 Å². The molecule has 5 rings (SSSR count). The number of anilines is 1. The highest BCUT2D eigenvalue weighted by molar-refractivity contribution is 7.89. The number of nitrogens with two attached hydrogens (primary N) is 1. The number of aromatic nitrogens is 4. The van der Waals surface area contributed by atoms with Gasteiger partial charge < -0.3 is 10.6 Å². The van der Waals surface area contributed by atoms with Crippen molar-refractivity contribution in [3.05, 3.63) is 66.2 Å². The van der Waals surface area contributed by atoms with Gasteiger partial charge in [-0.2, -0.15) is 10.4 Å². The molecule has 1 fully saturated rings. The van der Waals surface area contributed by atoms with Crippen LogP contribution in [-0.2, 0) is 16.6 Å². The smallest absolute Gasteiger partial charge is 0.240 e. The van der Waals surface area contributed by atoms with Crippen LogP contribution in [0.3, 0.4) is 0 Å². The number of piperidine rings is 1. The van der Waals surface area contributed by atoms with Crippen molar-refractivity contribution in [2.75, 3.05) is 18.8 Å². The van der Waals surface area contributed by atoms with Crippen LogP contribution in [0.5, 0.6) is 0 Å². The normalized spacial score (nSPS) is 16.2. The molecule has 1 saturated heterocycles. The summed E-state index contributed by atoms with van der Waals surface area (Å²) < 4.78 is 42.7. The van der Waals surface area contributed by atoms with Crippen molar-refractivity contribution in [1.29, 1.82) is 5.26 Å². The van der Waals surface area contributed by atoms with Gasteiger partial charge in [-0.05, 0) is 36.6 Å². The first-order valence-corrected chi connectivity index (χ1v) is 12.8. The molecule has 1 unspecified atom stereocenters. The van der Waals surface area contributed by atoms with Gasteiger partial charge in [0.15, 0.2) is 11.8 Å². The third-order valence-corrected chi connectivity index (χ3v) is 7.60. The number of rotatable bonds is 6. The van der Waals surface area contributed by atoms with E-state index in [0.717, 1.165) is 31.0 Å². The molecule has 4 aromatic rings. The molecule has 0 saturated carbocycles. The maximum Gasteiger partial charge on any atom is 0.240 e. The first-order chi connectivity index (χ1) is 17.4. The van der Waals surface area contributed by atoms with Crippen LogP contribution in [0.1, 0.15) is 24.4 Å². The number of nitrogens with one attached hydrogen (secondary N) is 1. The fourth-order valence-corrected chi connectivity index (χ4v) is 5.42. The van der Waals surface area contributed by atoms with Crippen LogP contribution < -0.4 is 10.5 Å². The van der Waals surface area contributed by atoms with Crippen LogP contribution in [0, 0.1) is 17.3 Å². The minimum Gasteiger partial charge on any atom is -0.383 e. The highest BCUT2D eigenvalue weighted by Crippen LogP contribution is 2.33. The van der Waals surface area contributed by atoms with E-state index in [9.17, 15) is 18.1 Å². The van der Waals surface area contributed by atoms with E-state index in [4.69, 9.17) is 10.8 Å². The lowest BCUT2D eigenvalue weighted by atomic mass is 10.1. The van der Waals surface area contributed by atoms with Crippen molar-refractivity contribution in [1.82, 2.24) is 29.4 Å². The minimum absolute atomic E-state index is 0.0274. The molecule has 0 radical (unpaired) electrons. The molecule has 0 amide bonds. The quantitative estimate of drug-likeness (QED) is 0.380. The zero-order chi connectivity index (χ0) is 25.3. The molecule has 184 valence electrons. The van der Waals surface area contributed by atoms with Gasteiger partial charge in [0.25, 0.3) is 0 Å².